The van der Waals surface area contributed by atoms with Crippen molar-refractivity contribution < 1.29 is 4.74 Å². The second-order valence-corrected chi connectivity index (χ2v) is 11.7. The fraction of sp³-hybridized carbons (Fsp3) is 0. The number of aromatic nitrogens is 3. The van der Waals surface area contributed by atoms with E-state index in [2.05, 4.69) is 147 Å². The molecule has 0 N–H and O–H groups in total. The predicted octanol–water partition coefficient (Wildman–Crippen LogP) is 7.91. The molecule has 0 saturated carbocycles. The quantitative estimate of drug-likeness (QED) is 0.192. The first kappa shape index (κ1) is 22.0. The molecule has 5 heteroatoms. The van der Waals surface area contributed by atoms with Gasteiger partial charge in [-0.15, -0.1) is 0 Å². The van der Waals surface area contributed by atoms with Crippen LogP contribution in [-0.2, 0) is 0 Å². The summed E-state index contributed by atoms with van der Waals surface area (Å²) in [5.41, 5.74) is 10.8. The van der Waals surface area contributed by atoms with Crippen LogP contribution in [0.5, 0.6) is 11.5 Å². The lowest BCUT2D eigenvalue weighted by Crippen LogP contribution is -2.55. The topological polar surface area (TPSA) is 24.0 Å². The van der Waals surface area contributed by atoms with Crippen LogP contribution in [0.2, 0.25) is 0 Å². The van der Waals surface area contributed by atoms with E-state index >= 15 is 0 Å². The van der Waals surface area contributed by atoms with Crippen LogP contribution >= 0.6 is 0 Å². The van der Waals surface area contributed by atoms with E-state index in [0.29, 0.717) is 0 Å². The number of rotatable bonds is 1. The Morgan fingerprint density at radius 2 is 1.05 bits per heavy atom. The lowest BCUT2D eigenvalue weighted by Gasteiger charge is -2.34. The molecular weight excluding hydrogens is 525 g/mol. The number of nitrogens with zero attached hydrogens (tertiary/aromatic N) is 3. The molecule has 11 rings (SSSR count). The minimum absolute atomic E-state index is 0.00126. The summed E-state index contributed by atoms with van der Waals surface area (Å²) in [6.45, 7) is 0.00126. The molecule has 43 heavy (non-hydrogen) atoms. The maximum absolute atomic E-state index is 6.84. The predicted molar refractivity (Wildman–Crippen MR) is 178 cm³/mol. The largest absolute Gasteiger partial charge is 0.458 e. The highest BCUT2D eigenvalue weighted by Crippen LogP contribution is 2.44. The molecule has 0 fully saturated rings. The van der Waals surface area contributed by atoms with Crippen molar-refractivity contribution in [3.05, 3.63) is 133 Å². The van der Waals surface area contributed by atoms with Crippen molar-refractivity contribution in [2.24, 2.45) is 0 Å². The Bertz CT molecular complexity index is 2620. The fourth-order valence-electron chi connectivity index (χ4n) is 8.05. The number of ether oxygens (including phenoxy) is 1. The van der Waals surface area contributed by atoms with Crippen LogP contribution in [0.25, 0.3) is 66.0 Å². The lowest BCUT2D eigenvalue weighted by molar-refractivity contribution is 0.486. The zero-order valence-corrected chi connectivity index (χ0v) is 23.0. The minimum atomic E-state index is 0.00126. The van der Waals surface area contributed by atoms with Crippen LogP contribution in [-0.4, -0.2) is 20.5 Å². The summed E-state index contributed by atoms with van der Waals surface area (Å²) in [5, 5.41) is 6.37. The molecule has 0 aliphatic carbocycles. The van der Waals surface area contributed by atoms with Crippen molar-refractivity contribution in [1.82, 2.24) is 13.6 Å². The third kappa shape index (κ3) is 2.56. The van der Waals surface area contributed by atoms with Crippen LogP contribution in [0.15, 0.2) is 133 Å². The first-order chi connectivity index (χ1) is 21.4. The molecule has 2 aliphatic rings. The van der Waals surface area contributed by atoms with Gasteiger partial charge in [0.25, 0.3) is 0 Å². The molecule has 3 aromatic heterocycles. The van der Waals surface area contributed by atoms with Crippen LogP contribution in [0.4, 0.5) is 0 Å². The third-order valence-corrected chi connectivity index (χ3v) is 9.66. The molecule has 5 heterocycles. The van der Waals surface area contributed by atoms with Gasteiger partial charge in [-0.1, -0.05) is 91.0 Å². The summed E-state index contributed by atoms with van der Waals surface area (Å²) in [5.74, 6) is 1.83. The number of para-hydroxylation sites is 5. The van der Waals surface area contributed by atoms with Crippen molar-refractivity contribution in [2.45, 2.75) is 0 Å². The molecule has 0 atom stereocenters. The van der Waals surface area contributed by atoms with E-state index in [0.717, 1.165) is 17.2 Å². The van der Waals surface area contributed by atoms with Crippen LogP contribution < -0.4 is 15.7 Å². The fourth-order valence-corrected chi connectivity index (χ4v) is 8.05. The van der Waals surface area contributed by atoms with Gasteiger partial charge in [0.15, 0.2) is 0 Å². The second kappa shape index (κ2) is 7.58. The van der Waals surface area contributed by atoms with E-state index in [9.17, 15) is 0 Å². The van der Waals surface area contributed by atoms with Crippen molar-refractivity contribution in [1.29, 1.82) is 0 Å². The standard InChI is InChI=1S/C38H22BN3O/c1-6-16-29-24(11-1)25-12-2-7-17-30(25)40(29)23-21-33-37-35(22-23)43-34-20-10-5-15-28(34)39(37)42-32-19-9-4-14-27(32)36-26-13-3-8-18-31(26)41(33)38(36)42/h1-22H. The SMILES string of the molecule is c1ccc2c(c1)Oc1cc(-n3c4ccccc4c4ccccc43)cc3c1B2n1c2ccccc2c2c4ccccc4n-3c21. The Labute approximate surface area is 246 Å². The average Bonchev–Trinajstić information content (AvgIpc) is 3.70. The molecule has 2 aliphatic heterocycles. The highest BCUT2D eigenvalue weighted by molar-refractivity contribution is 6.88. The summed E-state index contributed by atoms with van der Waals surface area (Å²) in [6, 6.07) is 48.3. The molecule has 0 bridgehead atoms. The smallest absolute Gasteiger partial charge is 0.339 e. The molecule has 198 valence electrons. The molecule has 0 radical (unpaired) electrons. The average molecular weight is 547 g/mol. The van der Waals surface area contributed by atoms with Gasteiger partial charge in [0.05, 0.1) is 27.9 Å². The number of hydrogen-bond acceptors (Lipinski definition) is 1. The van der Waals surface area contributed by atoms with E-state index < -0.39 is 0 Å². The van der Waals surface area contributed by atoms with Crippen LogP contribution in [0, 0.1) is 0 Å². The van der Waals surface area contributed by atoms with Gasteiger partial charge in [-0.2, -0.15) is 0 Å². The molecule has 9 aromatic rings. The Balaban J connectivity index is 1.36. The maximum Gasteiger partial charge on any atom is 0.339 e. The van der Waals surface area contributed by atoms with Gasteiger partial charge in [0.1, 0.15) is 17.1 Å². The van der Waals surface area contributed by atoms with Gasteiger partial charge >= 0.3 is 6.85 Å². The number of hydrogen-bond donors (Lipinski definition) is 0. The summed E-state index contributed by atoms with van der Waals surface area (Å²) in [4.78, 5) is 0. The number of benzene rings is 6. The molecule has 0 amide bonds. The van der Waals surface area contributed by atoms with Crippen molar-refractivity contribution in [2.75, 3.05) is 0 Å². The Morgan fingerprint density at radius 1 is 0.488 bits per heavy atom. The highest BCUT2D eigenvalue weighted by Gasteiger charge is 2.42. The van der Waals surface area contributed by atoms with Crippen molar-refractivity contribution in [3.63, 3.8) is 0 Å². The van der Waals surface area contributed by atoms with E-state index in [4.69, 9.17) is 4.74 Å². The zero-order chi connectivity index (χ0) is 27.8. The van der Waals surface area contributed by atoms with Crippen LogP contribution in [0.3, 0.4) is 0 Å². The molecule has 4 nitrogen and oxygen atoms in total. The molecular formula is C38H22BN3O. The lowest BCUT2D eigenvalue weighted by atomic mass is 9.47. The van der Waals surface area contributed by atoms with E-state index in [1.807, 2.05) is 0 Å². The summed E-state index contributed by atoms with van der Waals surface area (Å²) in [6.07, 6.45) is 0. The summed E-state index contributed by atoms with van der Waals surface area (Å²) >= 11 is 0. The Kier molecular flexibility index (Phi) is 3.88. The van der Waals surface area contributed by atoms with Crippen molar-refractivity contribution >= 4 is 72.4 Å². The normalized spacial score (nSPS) is 13.3. The maximum atomic E-state index is 6.84. The van der Waals surface area contributed by atoms with Gasteiger partial charge in [0, 0.05) is 44.0 Å². The molecule has 0 saturated heterocycles. The van der Waals surface area contributed by atoms with E-state index in [-0.39, 0.29) is 6.85 Å². The molecule has 0 spiro atoms. The van der Waals surface area contributed by atoms with Gasteiger partial charge in [-0.05, 0) is 41.9 Å². The van der Waals surface area contributed by atoms with Crippen molar-refractivity contribution in [3.8, 4) is 22.9 Å². The van der Waals surface area contributed by atoms with E-state index in [1.54, 1.807) is 0 Å². The summed E-state index contributed by atoms with van der Waals surface area (Å²) < 4.78 is 14.3. The van der Waals surface area contributed by atoms with Gasteiger partial charge in [-0.25, -0.2) is 0 Å². The first-order valence-electron chi connectivity index (χ1n) is 14.8. The molecule has 0 unspecified atom stereocenters. The monoisotopic (exact) mass is 547 g/mol. The third-order valence-electron chi connectivity index (χ3n) is 9.66. The van der Waals surface area contributed by atoms with Gasteiger partial charge < -0.3 is 13.8 Å². The number of fused-ring (bicyclic) bond motifs is 13. The Morgan fingerprint density at radius 3 is 1.77 bits per heavy atom. The first-order valence-corrected chi connectivity index (χ1v) is 14.8. The van der Waals surface area contributed by atoms with Gasteiger partial charge in [0.2, 0.25) is 0 Å². The van der Waals surface area contributed by atoms with Crippen LogP contribution in [0.1, 0.15) is 0 Å². The second-order valence-electron chi connectivity index (χ2n) is 11.7. The van der Waals surface area contributed by atoms with E-state index in [1.165, 1.54) is 71.3 Å². The Hall–Kier alpha value is -5.68. The minimum Gasteiger partial charge on any atom is -0.458 e. The zero-order valence-electron chi connectivity index (χ0n) is 23.0. The summed E-state index contributed by atoms with van der Waals surface area (Å²) in [7, 11) is 0. The highest BCUT2D eigenvalue weighted by atomic mass is 16.5. The molecule has 6 aromatic carbocycles. The van der Waals surface area contributed by atoms with Gasteiger partial charge in [-0.3, -0.25) is 4.57 Å².